The summed E-state index contributed by atoms with van der Waals surface area (Å²) in [5, 5.41) is 18.5. The predicted molar refractivity (Wildman–Crippen MR) is 103 cm³/mol. The van der Waals surface area contributed by atoms with Crippen molar-refractivity contribution < 1.29 is 9.90 Å². The summed E-state index contributed by atoms with van der Waals surface area (Å²) in [6, 6.07) is 14.5. The van der Waals surface area contributed by atoms with Gasteiger partial charge in [0, 0.05) is 28.6 Å². The molecular weight excluding hydrogens is 326 g/mol. The molecule has 0 unspecified atom stereocenters. The SMILES string of the molecule is CC(C)c1c(CCC(=O)O)c2cc3[nH]ncc3cc2n1-c1ccccc1. The molecule has 0 atom stereocenters. The Morgan fingerprint density at radius 3 is 2.69 bits per heavy atom. The van der Waals surface area contributed by atoms with Crippen molar-refractivity contribution in [1.82, 2.24) is 14.8 Å². The van der Waals surface area contributed by atoms with Gasteiger partial charge in [0.25, 0.3) is 0 Å². The molecular formula is C21H21N3O2. The summed E-state index contributed by atoms with van der Waals surface area (Å²) in [4.78, 5) is 11.2. The van der Waals surface area contributed by atoms with Crippen molar-refractivity contribution in [2.75, 3.05) is 0 Å². The number of carboxylic acids is 1. The molecule has 0 amide bonds. The van der Waals surface area contributed by atoms with E-state index in [1.54, 1.807) is 0 Å². The Hall–Kier alpha value is -3.08. The summed E-state index contributed by atoms with van der Waals surface area (Å²) in [6.45, 7) is 4.32. The topological polar surface area (TPSA) is 70.9 Å². The Morgan fingerprint density at radius 2 is 2.00 bits per heavy atom. The number of benzene rings is 2. The minimum absolute atomic E-state index is 0.120. The highest BCUT2D eigenvalue weighted by Crippen LogP contribution is 2.36. The third-order valence-corrected chi connectivity index (χ3v) is 4.82. The molecule has 0 saturated heterocycles. The molecule has 26 heavy (non-hydrogen) atoms. The number of carboxylic acid groups (broad SMARTS) is 1. The second-order valence-electron chi connectivity index (χ2n) is 6.91. The average molecular weight is 347 g/mol. The Balaban J connectivity index is 2.08. The van der Waals surface area contributed by atoms with Gasteiger partial charge >= 0.3 is 5.97 Å². The minimum Gasteiger partial charge on any atom is -0.481 e. The molecule has 2 aromatic carbocycles. The molecule has 132 valence electrons. The lowest BCUT2D eigenvalue weighted by Crippen LogP contribution is -2.05. The summed E-state index contributed by atoms with van der Waals surface area (Å²) >= 11 is 0. The Labute approximate surface area is 151 Å². The Morgan fingerprint density at radius 1 is 1.23 bits per heavy atom. The summed E-state index contributed by atoms with van der Waals surface area (Å²) in [7, 11) is 0. The van der Waals surface area contributed by atoms with Gasteiger partial charge in [-0.15, -0.1) is 0 Å². The molecule has 2 heterocycles. The molecule has 0 aliphatic rings. The zero-order chi connectivity index (χ0) is 18.3. The van der Waals surface area contributed by atoms with Crippen molar-refractivity contribution in [3.63, 3.8) is 0 Å². The number of H-pyrrole nitrogens is 1. The molecule has 5 heteroatoms. The lowest BCUT2D eigenvalue weighted by molar-refractivity contribution is -0.136. The van der Waals surface area contributed by atoms with Gasteiger partial charge in [-0.25, -0.2) is 0 Å². The average Bonchev–Trinajstić information content (AvgIpc) is 3.20. The number of fused-ring (bicyclic) bond motifs is 2. The Kier molecular flexibility index (Phi) is 3.99. The largest absolute Gasteiger partial charge is 0.481 e. The maximum atomic E-state index is 11.2. The molecule has 0 saturated carbocycles. The first-order valence-corrected chi connectivity index (χ1v) is 8.83. The standard InChI is InChI=1S/C21H21N3O2/c1-13(2)21-16(8-9-20(25)26)17-11-18-14(12-22-23-18)10-19(17)24(21)15-6-4-3-5-7-15/h3-7,10-13H,8-9H2,1-2H3,(H,22,23)(H,25,26). The number of nitrogens with one attached hydrogen (secondary N) is 1. The maximum absolute atomic E-state index is 11.2. The van der Waals surface area contributed by atoms with Crippen LogP contribution < -0.4 is 0 Å². The van der Waals surface area contributed by atoms with E-state index in [0.29, 0.717) is 6.42 Å². The van der Waals surface area contributed by atoms with E-state index in [0.717, 1.165) is 33.1 Å². The number of hydrogen-bond donors (Lipinski definition) is 2. The highest BCUT2D eigenvalue weighted by Gasteiger charge is 2.21. The number of aromatic amines is 1. The van der Waals surface area contributed by atoms with E-state index in [2.05, 4.69) is 52.9 Å². The van der Waals surface area contributed by atoms with Crippen LogP contribution in [0.1, 0.15) is 37.4 Å². The summed E-state index contributed by atoms with van der Waals surface area (Å²) in [6.07, 6.45) is 2.45. The van der Waals surface area contributed by atoms with Crippen LogP contribution in [-0.2, 0) is 11.2 Å². The Bertz CT molecular complexity index is 1090. The van der Waals surface area contributed by atoms with Crippen LogP contribution in [0.15, 0.2) is 48.7 Å². The summed E-state index contributed by atoms with van der Waals surface area (Å²) < 4.78 is 2.27. The van der Waals surface area contributed by atoms with E-state index in [-0.39, 0.29) is 12.3 Å². The molecule has 0 radical (unpaired) electrons. The van der Waals surface area contributed by atoms with Gasteiger partial charge in [0.2, 0.25) is 0 Å². The lowest BCUT2D eigenvalue weighted by Gasteiger charge is -2.15. The number of carbonyl (C=O) groups is 1. The van der Waals surface area contributed by atoms with Crippen LogP contribution in [0.25, 0.3) is 27.5 Å². The molecule has 4 rings (SSSR count). The van der Waals surface area contributed by atoms with E-state index in [1.165, 1.54) is 5.69 Å². The summed E-state index contributed by atoms with van der Waals surface area (Å²) in [5.74, 6) is -0.509. The highest BCUT2D eigenvalue weighted by atomic mass is 16.4. The number of hydrogen-bond acceptors (Lipinski definition) is 2. The van der Waals surface area contributed by atoms with Gasteiger partial charge in [0.05, 0.1) is 17.2 Å². The lowest BCUT2D eigenvalue weighted by atomic mass is 9.99. The van der Waals surface area contributed by atoms with Crippen molar-refractivity contribution in [2.24, 2.45) is 0 Å². The van der Waals surface area contributed by atoms with E-state index >= 15 is 0 Å². The van der Waals surface area contributed by atoms with Crippen molar-refractivity contribution in [3.05, 3.63) is 59.9 Å². The van der Waals surface area contributed by atoms with Gasteiger partial charge < -0.3 is 9.67 Å². The molecule has 0 aliphatic carbocycles. The van der Waals surface area contributed by atoms with Crippen LogP contribution in [0.5, 0.6) is 0 Å². The number of nitrogens with zero attached hydrogens (tertiary/aromatic N) is 2. The number of aryl methyl sites for hydroxylation is 1. The quantitative estimate of drug-likeness (QED) is 0.552. The highest BCUT2D eigenvalue weighted by molar-refractivity contribution is 5.98. The van der Waals surface area contributed by atoms with Gasteiger partial charge in [-0.2, -0.15) is 5.10 Å². The first-order chi connectivity index (χ1) is 12.6. The van der Waals surface area contributed by atoms with Crippen molar-refractivity contribution in [1.29, 1.82) is 0 Å². The van der Waals surface area contributed by atoms with Crippen molar-refractivity contribution in [2.45, 2.75) is 32.6 Å². The van der Waals surface area contributed by atoms with Gasteiger partial charge in [-0.1, -0.05) is 32.0 Å². The fourth-order valence-corrected chi connectivity index (χ4v) is 3.77. The molecule has 0 bridgehead atoms. The first-order valence-electron chi connectivity index (χ1n) is 8.83. The van der Waals surface area contributed by atoms with Crippen molar-refractivity contribution >= 4 is 27.8 Å². The first kappa shape index (κ1) is 16.4. The van der Waals surface area contributed by atoms with Gasteiger partial charge in [0.1, 0.15) is 0 Å². The van der Waals surface area contributed by atoms with E-state index in [4.69, 9.17) is 0 Å². The second kappa shape index (κ2) is 6.33. The van der Waals surface area contributed by atoms with Crippen molar-refractivity contribution in [3.8, 4) is 5.69 Å². The number of rotatable bonds is 5. The molecule has 4 aromatic rings. The number of aromatic nitrogens is 3. The smallest absolute Gasteiger partial charge is 0.303 e. The molecule has 2 aromatic heterocycles. The number of para-hydroxylation sites is 1. The van der Waals surface area contributed by atoms with E-state index in [9.17, 15) is 9.90 Å². The predicted octanol–water partition coefficient (Wildman–Crippen LogP) is 4.65. The zero-order valence-electron chi connectivity index (χ0n) is 14.9. The monoisotopic (exact) mass is 347 g/mol. The molecule has 0 fully saturated rings. The third kappa shape index (κ3) is 2.65. The van der Waals surface area contributed by atoms with Crippen LogP contribution in [0.4, 0.5) is 0 Å². The van der Waals surface area contributed by atoms with Gasteiger partial charge in [-0.3, -0.25) is 9.89 Å². The molecule has 0 spiro atoms. The van der Waals surface area contributed by atoms with Crippen LogP contribution in [0, 0.1) is 0 Å². The van der Waals surface area contributed by atoms with Crippen LogP contribution in [-0.4, -0.2) is 25.8 Å². The zero-order valence-corrected chi connectivity index (χ0v) is 14.9. The molecule has 5 nitrogen and oxygen atoms in total. The van der Waals surface area contributed by atoms with Gasteiger partial charge in [0.15, 0.2) is 0 Å². The number of aliphatic carboxylic acids is 1. The van der Waals surface area contributed by atoms with Gasteiger partial charge in [-0.05, 0) is 42.2 Å². The van der Waals surface area contributed by atoms with Crippen LogP contribution in [0.2, 0.25) is 0 Å². The molecule has 0 aliphatic heterocycles. The molecule has 2 N–H and O–H groups in total. The maximum Gasteiger partial charge on any atom is 0.303 e. The van der Waals surface area contributed by atoms with E-state index in [1.807, 2.05) is 24.4 Å². The minimum atomic E-state index is -0.775. The van der Waals surface area contributed by atoms with Crippen LogP contribution in [0.3, 0.4) is 0 Å². The summed E-state index contributed by atoms with van der Waals surface area (Å²) in [5.41, 5.74) is 5.43. The fourth-order valence-electron chi connectivity index (χ4n) is 3.77. The van der Waals surface area contributed by atoms with E-state index < -0.39 is 5.97 Å². The normalized spacial score (nSPS) is 11.7. The fraction of sp³-hybridized carbons (Fsp3) is 0.238. The second-order valence-corrected chi connectivity index (χ2v) is 6.91. The van der Waals surface area contributed by atoms with Crippen LogP contribution >= 0.6 is 0 Å². The third-order valence-electron chi connectivity index (χ3n) is 4.82.